The van der Waals surface area contributed by atoms with Gasteiger partial charge in [0, 0.05) is 37.4 Å². The second-order valence-corrected chi connectivity index (χ2v) is 8.26. The van der Waals surface area contributed by atoms with Gasteiger partial charge < -0.3 is 26.6 Å². The van der Waals surface area contributed by atoms with E-state index in [9.17, 15) is 4.79 Å². The highest BCUT2D eigenvalue weighted by Gasteiger charge is 2.17. The van der Waals surface area contributed by atoms with E-state index in [1.165, 1.54) is 0 Å². The summed E-state index contributed by atoms with van der Waals surface area (Å²) in [4.78, 5) is 27.4. The van der Waals surface area contributed by atoms with E-state index in [0.29, 0.717) is 29.3 Å². The summed E-state index contributed by atoms with van der Waals surface area (Å²) in [6.45, 7) is 9.01. The Labute approximate surface area is 177 Å². The van der Waals surface area contributed by atoms with Gasteiger partial charge >= 0.3 is 0 Å². The van der Waals surface area contributed by atoms with Gasteiger partial charge in [-0.2, -0.15) is 15.0 Å². The van der Waals surface area contributed by atoms with Crippen molar-refractivity contribution in [3.63, 3.8) is 0 Å². The number of carbonyl (C=O) groups is 1. The second-order valence-electron chi connectivity index (χ2n) is 8.26. The molecule has 1 fully saturated rings. The van der Waals surface area contributed by atoms with Gasteiger partial charge in [0.2, 0.25) is 23.8 Å². The number of amides is 1. The SMILES string of the molecule is Cc1ccc(C(N)=O)cc1Nc1nc(NC2CCCNC2)nc(N(C)CC(C)C)n1. The predicted molar refractivity (Wildman–Crippen MR) is 120 cm³/mol. The first-order valence-electron chi connectivity index (χ1n) is 10.4. The van der Waals surface area contributed by atoms with Gasteiger partial charge in [0.25, 0.3) is 0 Å². The Hall–Kier alpha value is -2.94. The highest BCUT2D eigenvalue weighted by atomic mass is 16.1. The number of aromatic nitrogens is 3. The summed E-state index contributed by atoms with van der Waals surface area (Å²) in [6.07, 6.45) is 2.19. The number of aryl methyl sites for hydroxylation is 1. The summed E-state index contributed by atoms with van der Waals surface area (Å²) in [6, 6.07) is 5.55. The summed E-state index contributed by atoms with van der Waals surface area (Å²) in [7, 11) is 1.98. The van der Waals surface area contributed by atoms with Crippen molar-refractivity contribution < 1.29 is 4.79 Å². The van der Waals surface area contributed by atoms with Crippen molar-refractivity contribution in [2.24, 2.45) is 11.7 Å². The van der Waals surface area contributed by atoms with Crippen LogP contribution in [0.25, 0.3) is 0 Å². The van der Waals surface area contributed by atoms with Crippen LogP contribution in [0.5, 0.6) is 0 Å². The van der Waals surface area contributed by atoms with E-state index in [2.05, 4.69) is 44.7 Å². The van der Waals surface area contributed by atoms with E-state index in [4.69, 9.17) is 5.73 Å². The molecule has 1 unspecified atom stereocenters. The molecule has 0 radical (unpaired) electrons. The number of hydrogen-bond donors (Lipinski definition) is 4. The summed E-state index contributed by atoms with van der Waals surface area (Å²) >= 11 is 0. The van der Waals surface area contributed by atoms with Crippen LogP contribution >= 0.6 is 0 Å². The van der Waals surface area contributed by atoms with Crippen LogP contribution in [0.15, 0.2) is 18.2 Å². The van der Waals surface area contributed by atoms with Crippen LogP contribution in [0.2, 0.25) is 0 Å². The summed E-state index contributed by atoms with van der Waals surface area (Å²) in [5.74, 6) is 1.55. The molecular weight excluding hydrogens is 380 g/mol. The van der Waals surface area contributed by atoms with Crippen LogP contribution in [0.4, 0.5) is 23.5 Å². The molecule has 2 aromatic rings. The zero-order valence-corrected chi connectivity index (χ0v) is 18.2. The molecule has 5 N–H and O–H groups in total. The van der Waals surface area contributed by atoms with Crippen molar-refractivity contribution in [3.8, 4) is 0 Å². The minimum Gasteiger partial charge on any atom is -0.366 e. The number of carbonyl (C=O) groups excluding carboxylic acids is 1. The molecule has 0 saturated carbocycles. The molecule has 9 heteroatoms. The molecule has 1 aliphatic rings. The number of rotatable bonds is 8. The Balaban J connectivity index is 1.90. The Bertz CT molecular complexity index is 879. The van der Waals surface area contributed by atoms with Crippen LogP contribution in [0, 0.1) is 12.8 Å². The third-order valence-electron chi connectivity index (χ3n) is 5.00. The highest BCUT2D eigenvalue weighted by Crippen LogP contribution is 2.23. The number of hydrogen-bond acceptors (Lipinski definition) is 8. The lowest BCUT2D eigenvalue weighted by Crippen LogP contribution is -2.39. The first-order chi connectivity index (χ1) is 14.3. The first kappa shape index (κ1) is 21.8. The maximum Gasteiger partial charge on any atom is 0.248 e. The molecular formula is C21H32N8O. The lowest BCUT2D eigenvalue weighted by molar-refractivity contribution is 0.100. The molecule has 3 rings (SSSR count). The fourth-order valence-corrected chi connectivity index (χ4v) is 3.47. The van der Waals surface area contributed by atoms with E-state index in [0.717, 1.165) is 43.7 Å². The lowest BCUT2D eigenvalue weighted by atomic mass is 10.1. The predicted octanol–water partition coefficient (Wildman–Crippen LogP) is 2.28. The minimum atomic E-state index is -0.474. The standard InChI is InChI=1S/C21H32N8O/c1-13(2)12-29(4)21-27-19(24-16-6-5-9-23-11-16)26-20(28-21)25-17-10-15(18(22)30)8-7-14(17)3/h7-8,10,13,16,23H,5-6,9,11-12H2,1-4H3,(H2,22,30)(H2,24,25,26,27,28). The summed E-state index contributed by atoms with van der Waals surface area (Å²) in [5, 5.41) is 10.1. The third-order valence-corrected chi connectivity index (χ3v) is 5.00. The topological polar surface area (TPSA) is 121 Å². The maximum absolute atomic E-state index is 11.6. The molecule has 1 aromatic heterocycles. The van der Waals surface area contributed by atoms with Crippen molar-refractivity contribution in [1.29, 1.82) is 0 Å². The average molecular weight is 413 g/mol. The van der Waals surface area contributed by atoms with Gasteiger partial charge in [-0.05, 0) is 49.9 Å². The van der Waals surface area contributed by atoms with E-state index < -0.39 is 5.91 Å². The number of benzene rings is 1. The van der Waals surface area contributed by atoms with Gasteiger partial charge in [0.05, 0.1) is 0 Å². The first-order valence-corrected chi connectivity index (χ1v) is 10.4. The molecule has 1 aliphatic heterocycles. The largest absolute Gasteiger partial charge is 0.366 e. The number of nitrogens with two attached hydrogens (primary N) is 1. The van der Waals surface area contributed by atoms with E-state index in [1.807, 2.05) is 24.9 Å². The maximum atomic E-state index is 11.6. The van der Waals surface area contributed by atoms with Crippen molar-refractivity contribution in [1.82, 2.24) is 20.3 Å². The van der Waals surface area contributed by atoms with E-state index >= 15 is 0 Å². The summed E-state index contributed by atoms with van der Waals surface area (Å²) in [5.41, 5.74) is 7.56. The zero-order valence-electron chi connectivity index (χ0n) is 18.2. The molecule has 1 aromatic carbocycles. The van der Waals surface area contributed by atoms with Gasteiger partial charge in [-0.3, -0.25) is 4.79 Å². The number of primary amides is 1. The van der Waals surface area contributed by atoms with Crippen LogP contribution in [-0.2, 0) is 0 Å². The number of nitrogens with one attached hydrogen (secondary N) is 3. The summed E-state index contributed by atoms with van der Waals surface area (Å²) < 4.78 is 0. The lowest BCUT2D eigenvalue weighted by Gasteiger charge is -2.25. The molecule has 1 saturated heterocycles. The average Bonchev–Trinajstić information content (AvgIpc) is 2.69. The molecule has 1 amide bonds. The fourth-order valence-electron chi connectivity index (χ4n) is 3.47. The molecule has 0 spiro atoms. The Kier molecular flexibility index (Phi) is 7.04. The Morgan fingerprint density at radius 3 is 2.73 bits per heavy atom. The molecule has 0 aliphatic carbocycles. The van der Waals surface area contributed by atoms with Crippen molar-refractivity contribution >= 4 is 29.4 Å². The third kappa shape index (κ3) is 5.79. The normalized spacial score (nSPS) is 16.4. The molecule has 9 nitrogen and oxygen atoms in total. The highest BCUT2D eigenvalue weighted by molar-refractivity contribution is 5.94. The fraction of sp³-hybridized carbons (Fsp3) is 0.524. The number of piperidine rings is 1. The van der Waals surface area contributed by atoms with Gasteiger partial charge in [-0.15, -0.1) is 0 Å². The molecule has 0 bridgehead atoms. The van der Waals surface area contributed by atoms with E-state index in [-0.39, 0.29) is 6.04 Å². The van der Waals surface area contributed by atoms with Crippen LogP contribution in [0.1, 0.15) is 42.6 Å². The van der Waals surface area contributed by atoms with Crippen LogP contribution in [-0.4, -0.2) is 53.6 Å². The smallest absolute Gasteiger partial charge is 0.248 e. The van der Waals surface area contributed by atoms with Gasteiger partial charge in [0.1, 0.15) is 0 Å². The van der Waals surface area contributed by atoms with Crippen molar-refractivity contribution in [2.75, 3.05) is 42.2 Å². The second kappa shape index (κ2) is 9.71. The van der Waals surface area contributed by atoms with Crippen molar-refractivity contribution in [3.05, 3.63) is 29.3 Å². The molecule has 1 atom stereocenters. The zero-order chi connectivity index (χ0) is 21.7. The van der Waals surface area contributed by atoms with Crippen LogP contribution in [0.3, 0.4) is 0 Å². The minimum absolute atomic E-state index is 0.275. The number of anilines is 4. The van der Waals surface area contributed by atoms with E-state index in [1.54, 1.807) is 12.1 Å². The molecule has 2 heterocycles. The quantitative estimate of drug-likeness (QED) is 0.521. The molecule has 30 heavy (non-hydrogen) atoms. The van der Waals surface area contributed by atoms with Gasteiger partial charge in [-0.1, -0.05) is 19.9 Å². The van der Waals surface area contributed by atoms with Gasteiger partial charge in [0.15, 0.2) is 0 Å². The van der Waals surface area contributed by atoms with Gasteiger partial charge in [-0.25, -0.2) is 0 Å². The molecule has 162 valence electrons. The monoisotopic (exact) mass is 412 g/mol. The van der Waals surface area contributed by atoms with Crippen LogP contribution < -0.4 is 26.6 Å². The number of nitrogens with zero attached hydrogens (tertiary/aromatic N) is 4. The Morgan fingerprint density at radius 2 is 2.07 bits per heavy atom. The van der Waals surface area contributed by atoms with Crippen molar-refractivity contribution in [2.45, 2.75) is 39.7 Å². The Morgan fingerprint density at radius 1 is 1.30 bits per heavy atom.